The molecule has 0 aliphatic heterocycles. The van der Waals surface area contributed by atoms with E-state index in [1.54, 1.807) is 0 Å². The zero-order valence-electron chi connectivity index (χ0n) is 14.7. The quantitative estimate of drug-likeness (QED) is 0.776. The van der Waals surface area contributed by atoms with Gasteiger partial charge in [-0.05, 0) is 66.3 Å². The highest BCUT2D eigenvalue weighted by molar-refractivity contribution is 5.97. The maximum Gasteiger partial charge on any atom is 0.221 e. The molecule has 6 atom stereocenters. The molecule has 4 heteroatoms. The fourth-order valence-electron chi connectivity index (χ4n) is 6.65. The fraction of sp³-hybridized carbons (Fsp3) is 0.700. The molecule has 0 radical (unpaired) electrons. The summed E-state index contributed by atoms with van der Waals surface area (Å²) in [6.07, 6.45) is 10.0. The number of ketones is 1. The highest BCUT2D eigenvalue weighted by atomic mass is 16.1. The Hall–Kier alpha value is -1.58. The Labute approximate surface area is 143 Å². The Kier molecular flexibility index (Phi) is 3.29. The van der Waals surface area contributed by atoms with E-state index in [0.717, 1.165) is 37.7 Å². The van der Waals surface area contributed by atoms with Crippen LogP contribution in [0, 0.1) is 34.5 Å². The number of allylic oxidation sites excluding steroid dienone is 4. The van der Waals surface area contributed by atoms with Crippen LogP contribution in [0.2, 0.25) is 0 Å². The van der Waals surface area contributed by atoms with E-state index < -0.39 is 0 Å². The molecule has 0 saturated heterocycles. The van der Waals surface area contributed by atoms with Crippen molar-refractivity contribution < 1.29 is 9.59 Å². The Morgan fingerprint density at radius 1 is 1.17 bits per heavy atom. The number of carbonyl (C=O) groups is 2. The molecular formula is C20H28N2O2. The van der Waals surface area contributed by atoms with Gasteiger partial charge in [0.25, 0.3) is 0 Å². The molecule has 0 bridgehead atoms. The molecule has 0 aromatic heterocycles. The zero-order chi connectivity index (χ0) is 17.3. The highest BCUT2D eigenvalue weighted by Gasteiger charge is 2.59. The number of Topliss-reactive ketones (excluding diaryl/α,β-unsaturated/α-hetero) is 1. The number of fused-ring (bicyclic) bond motifs is 5. The molecule has 0 aromatic rings. The minimum absolute atomic E-state index is 0.00352. The van der Waals surface area contributed by atoms with Crippen LogP contribution in [0.15, 0.2) is 23.4 Å². The lowest BCUT2D eigenvalue weighted by atomic mass is 9.48. The number of amides is 1. The monoisotopic (exact) mass is 328 g/mol. The Bertz CT molecular complexity index is 679. The minimum Gasteiger partial charge on any atom is -0.396 e. The second kappa shape index (κ2) is 4.96. The van der Waals surface area contributed by atoms with Crippen LogP contribution in [0.5, 0.6) is 0 Å². The van der Waals surface area contributed by atoms with E-state index in [1.807, 2.05) is 0 Å². The van der Waals surface area contributed by atoms with Gasteiger partial charge in [-0.3, -0.25) is 9.59 Å². The average molecular weight is 328 g/mol. The summed E-state index contributed by atoms with van der Waals surface area (Å²) in [5.74, 6) is 1.50. The molecule has 0 heterocycles. The van der Waals surface area contributed by atoms with Crippen LogP contribution in [-0.2, 0) is 9.59 Å². The first-order chi connectivity index (χ1) is 11.3. The van der Waals surface area contributed by atoms with Crippen molar-refractivity contribution in [3.05, 3.63) is 23.4 Å². The molecule has 4 aliphatic rings. The lowest BCUT2D eigenvalue weighted by Gasteiger charge is -2.56. The van der Waals surface area contributed by atoms with Gasteiger partial charge in [0.1, 0.15) is 0 Å². The first kappa shape index (κ1) is 15.9. The third kappa shape index (κ3) is 1.86. The van der Waals surface area contributed by atoms with Gasteiger partial charge in [-0.1, -0.05) is 26.0 Å². The molecule has 1 amide bonds. The standard InChI is InChI=1S/C20H28N2O2/c1-19-10-8-16(23)17(21)14(19)4-3-11-12-5-6-15(18(22)24)20(12,2)9-7-13(11)19/h3-4,11-13,15H,5-10,21H2,1-2H3,(H2,22,24)/t11-,12-,13-,15?,19+,20-/m0/s1. The van der Waals surface area contributed by atoms with E-state index in [0.29, 0.717) is 29.9 Å². The van der Waals surface area contributed by atoms with E-state index in [-0.39, 0.29) is 28.4 Å². The van der Waals surface area contributed by atoms with Crippen molar-refractivity contribution in [1.82, 2.24) is 0 Å². The van der Waals surface area contributed by atoms with Crippen molar-refractivity contribution in [1.29, 1.82) is 0 Å². The molecule has 4 N–H and O–H groups in total. The van der Waals surface area contributed by atoms with Gasteiger partial charge in [-0.15, -0.1) is 0 Å². The van der Waals surface area contributed by atoms with Crippen molar-refractivity contribution in [2.75, 3.05) is 0 Å². The molecule has 1 unspecified atom stereocenters. The predicted molar refractivity (Wildman–Crippen MR) is 92.4 cm³/mol. The van der Waals surface area contributed by atoms with E-state index in [9.17, 15) is 9.59 Å². The summed E-state index contributed by atoms with van der Waals surface area (Å²) in [5, 5.41) is 0. The Morgan fingerprint density at radius 3 is 2.62 bits per heavy atom. The molecule has 130 valence electrons. The first-order valence-corrected chi connectivity index (χ1v) is 9.30. The topological polar surface area (TPSA) is 86.2 Å². The summed E-state index contributed by atoms with van der Waals surface area (Å²) < 4.78 is 0. The van der Waals surface area contributed by atoms with Crippen molar-refractivity contribution in [2.45, 2.75) is 52.4 Å². The highest BCUT2D eigenvalue weighted by Crippen LogP contribution is 2.65. The summed E-state index contributed by atoms with van der Waals surface area (Å²) in [4.78, 5) is 24.0. The number of primary amides is 1. The SMILES string of the molecule is C[C@]12CCC(=O)C(N)=C1C=C[C@@H]1[C@@H]2CC[C@]2(C)C(C(N)=O)CC[C@@H]12. The number of rotatable bonds is 1. The number of carbonyl (C=O) groups excluding carboxylic acids is 2. The maximum absolute atomic E-state index is 12.0. The Morgan fingerprint density at radius 2 is 1.92 bits per heavy atom. The van der Waals surface area contributed by atoms with Crippen molar-refractivity contribution >= 4 is 11.7 Å². The van der Waals surface area contributed by atoms with E-state index >= 15 is 0 Å². The number of nitrogens with two attached hydrogens (primary N) is 2. The van der Waals surface area contributed by atoms with Gasteiger partial charge >= 0.3 is 0 Å². The van der Waals surface area contributed by atoms with Gasteiger partial charge in [-0.25, -0.2) is 0 Å². The summed E-state index contributed by atoms with van der Waals surface area (Å²) in [7, 11) is 0. The summed E-state index contributed by atoms with van der Waals surface area (Å²) >= 11 is 0. The Balaban J connectivity index is 1.75. The predicted octanol–water partition coefficient (Wildman–Crippen LogP) is 2.68. The molecule has 0 spiro atoms. The summed E-state index contributed by atoms with van der Waals surface area (Å²) in [6.45, 7) is 4.57. The van der Waals surface area contributed by atoms with Crippen LogP contribution < -0.4 is 11.5 Å². The summed E-state index contributed by atoms with van der Waals surface area (Å²) in [5.41, 5.74) is 13.4. The average Bonchev–Trinajstić information content (AvgIpc) is 2.89. The molecule has 4 nitrogen and oxygen atoms in total. The second-order valence-corrected chi connectivity index (χ2v) is 8.89. The number of hydrogen-bond donors (Lipinski definition) is 2. The van der Waals surface area contributed by atoms with Gasteiger partial charge in [0.15, 0.2) is 5.78 Å². The molecule has 4 aliphatic carbocycles. The van der Waals surface area contributed by atoms with Gasteiger partial charge in [0.2, 0.25) is 5.91 Å². The van der Waals surface area contributed by atoms with Crippen LogP contribution in [-0.4, -0.2) is 11.7 Å². The van der Waals surface area contributed by atoms with Crippen LogP contribution >= 0.6 is 0 Å². The largest absolute Gasteiger partial charge is 0.396 e. The van der Waals surface area contributed by atoms with Crippen LogP contribution in [0.3, 0.4) is 0 Å². The third-order valence-electron chi connectivity index (χ3n) is 8.06. The molecule has 2 saturated carbocycles. The fourth-order valence-corrected chi connectivity index (χ4v) is 6.65. The van der Waals surface area contributed by atoms with Gasteiger partial charge in [0.05, 0.1) is 5.70 Å². The minimum atomic E-state index is -0.127. The second-order valence-electron chi connectivity index (χ2n) is 8.89. The van der Waals surface area contributed by atoms with E-state index in [1.165, 1.54) is 0 Å². The first-order valence-electron chi connectivity index (χ1n) is 9.30. The lowest BCUT2D eigenvalue weighted by Crippen LogP contribution is -2.51. The molecule has 24 heavy (non-hydrogen) atoms. The molecule has 4 rings (SSSR count). The normalized spacial score (nSPS) is 47.2. The van der Waals surface area contributed by atoms with Gasteiger partial charge < -0.3 is 11.5 Å². The van der Waals surface area contributed by atoms with Crippen LogP contribution in [0.1, 0.15) is 52.4 Å². The smallest absolute Gasteiger partial charge is 0.221 e. The van der Waals surface area contributed by atoms with Gasteiger partial charge in [0, 0.05) is 12.3 Å². The molecule has 0 aromatic carbocycles. The van der Waals surface area contributed by atoms with E-state index in [2.05, 4.69) is 26.0 Å². The maximum atomic E-state index is 12.0. The molecular weight excluding hydrogens is 300 g/mol. The molecule has 2 fully saturated rings. The van der Waals surface area contributed by atoms with Crippen LogP contribution in [0.25, 0.3) is 0 Å². The third-order valence-corrected chi connectivity index (χ3v) is 8.06. The zero-order valence-corrected chi connectivity index (χ0v) is 14.7. The van der Waals surface area contributed by atoms with E-state index in [4.69, 9.17) is 11.5 Å². The lowest BCUT2D eigenvalue weighted by molar-refractivity contribution is -0.128. The van der Waals surface area contributed by atoms with Crippen molar-refractivity contribution in [2.24, 2.45) is 46.0 Å². The van der Waals surface area contributed by atoms with Crippen molar-refractivity contribution in [3.8, 4) is 0 Å². The van der Waals surface area contributed by atoms with Crippen molar-refractivity contribution in [3.63, 3.8) is 0 Å². The van der Waals surface area contributed by atoms with Gasteiger partial charge in [-0.2, -0.15) is 0 Å². The summed E-state index contributed by atoms with van der Waals surface area (Å²) in [6, 6.07) is 0. The number of hydrogen-bond acceptors (Lipinski definition) is 3. The van der Waals surface area contributed by atoms with Crippen LogP contribution in [0.4, 0.5) is 0 Å².